The van der Waals surface area contributed by atoms with E-state index in [1.54, 1.807) is 15.8 Å². The minimum absolute atomic E-state index is 0.0959. The van der Waals surface area contributed by atoms with Gasteiger partial charge in [-0.25, -0.2) is 33.9 Å². The van der Waals surface area contributed by atoms with Crippen molar-refractivity contribution in [1.82, 2.24) is 33.6 Å². The Morgan fingerprint density at radius 2 is 1.38 bits per heavy atom. The summed E-state index contributed by atoms with van der Waals surface area (Å²) in [4.78, 5) is 47.2. The molecule has 2 aliphatic heterocycles. The Morgan fingerprint density at radius 1 is 0.759 bits per heavy atom. The van der Waals surface area contributed by atoms with Crippen LogP contribution in [0.1, 0.15) is 70.7 Å². The van der Waals surface area contributed by atoms with Crippen LogP contribution in [0.3, 0.4) is 0 Å². The van der Waals surface area contributed by atoms with Crippen molar-refractivity contribution in [2.24, 2.45) is 4.99 Å². The van der Waals surface area contributed by atoms with Crippen molar-refractivity contribution < 1.29 is 63.8 Å². The average Bonchev–Trinajstić information content (AvgIpc) is 4.20. The number of imidazole rings is 1. The summed E-state index contributed by atoms with van der Waals surface area (Å²) in [6, 6.07) is 15.0. The summed E-state index contributed by atoms with van der Waals surface area (Å²) in [5.41, 5.74) is -1.38. The molecule has 0 aliphatic carbocycles. The molecule has 2 aromatic carbocycles. The van der Waals surface area contributed by atoms with E-state index in [0.717, 1.165) is 26.8 Å². The number of methoxy groups -OCH3 is 2. The van der Waals surface area contributed by atoms with Crippen LogP contribution < -0.4 is 11.2 Å². The number of fused-ring (bicyclic) bond motifs is 1. The number of alkyl halides is 3. The smallest absolute Gasteiger partial charge is 0.414 e. The molecule has 27 heteroatoms. The van der Waals surface area contributed by atoms with Crippen molar-refractivity contribution in [3.8, 4) is 0 Å². The second-order valence-electron chi connectivity index (χ2n) is 22.7. The van der Waals surface area contributed by atoms with Gasteiger partial charge in [0.05, 0.1) is 44.7 Å². The molecule has 0 N–H and O–H groups in total. The quantitative estimate of drug-likeness (QED) is 0.0258. The van der Waals surface area contributed by atoms with Gasteiger partial charge < -0.3 is 37.4 Å². The van der Waals surface area contributed by atoms with Crippen LogP contribution in [0.2, 0.25) is 36.3 Å². The fourth-order valence-corrected chi connectivity index (χ4v) is 12.1. The second-order valence-corrected chi connectivity index (χ2v) is 33.8. The van der Waals surface area contributed by atoms with E-state index < -0.39 is 116 Å². The highest BCUT2D eigenvalue weighted by Gasteiger charge is 2.55. The molecule has 3 aromatic heterocycles. The van der Waals surface area contributed by atoms with Crippen LogP contribution in [0, 0.1) is 0 Å². The first kappa shape index (κ1) is 61.8. The number of aliphatic imine (C=N–C) groups is 1. The number of phosphoric acid groups is 1. The predicted molar refractivity (Wildman–Crippen MR) is 293 cm³/mol. The van der Waals surface area contributed by atoms with Crippen LogP contribution in [-0.4, -0.2) is 135 Å². The monoisotopic (exact) mass is 1160 g/mol. The van der Waals surface area contributed by atoms with Gasteiger partial charge in [-0.2, -0.15) is 13.2 Å². The molecule has 0 bridgehead atoms. The van der Waals surface area contributed by atoms with Crippen LogP contribution >= 0.6 is 7.82 Å². The third-order valence-electron chi connectivity index (χ3n) is 14.8. The summed E-state index contributed by atoms with van der Waals surface area (Å²) in [7, 11) is -4.07. The fourth-order valence-electron chi connectivity index (χ4n) is 8.37. The molecular formula is C52H74F3N8O13PSi2. The maximum atomic E-state index is 15.8. The van der Waals surface area contributed by atoms with Crippen LogP contribution in [-0.2, 0) is 76.8 Å². The Hall–Kier alpha value is -4.81. The Kier molecular flexibility index (Phi) is 19.4. The first-order valence-corrected chi connectivity index (χ1v) is 33.0. The molecule has 7 rings (SSSR count). The van der Waals surface area contributed by atoms with Crippen LogP contribution in [0.5, 0.6) is 0 Å². The molecular weight excluding hydrogens is 1090 g/mol. The number of halogens is 3. The van der Waals surface area contributed by atoms with Crippen molar-refractivity contribution in [3.05, 3.63) is 117 Å². The van der Waals surface area contributed by atoms with E-state index in [4.69, 9.17) is 46.1 Å². The molecule has 0 radical (unpaired) electrons. The molecule has 2 fully saturated rings. The SMILES string of the molecule is CO[C@@H]1[C@H](OP(=O)(OCc2ccccc2C(F)(F)F)OC[C@H]2O[C@@H](n3cnc4c(N=CN(C)C)ncnc43)[C@H](OC)[C@@H]2O[Si](C)(C)C(C)(C)C)[C@@H](CO[Si](C)(C)C(C)(C)C)O[C@H]1n1ccc(=O)n(COCc2ccccc2)c1=O. The number of aromatic nitrogens is 6. The number of hydrogen-bond acceptors (Lipinski definition) is 17. The highest BCUT2D eigenvalue weighted by Crippen LogP contribution is 2.56. The Bertz CT molecular complexity index is 3060. The van der Waals surface area contributed by atoms with E-state index >= 15 is 4.57 Å². The zero-order valence-corrected chi connectivity index (χ0v) is 50.1. The van der Waals surface area contributed by atoms with Gasteiger partial charge >= 0.3 is 19.7 Å². The minimum Gasteiger partial charge on any atom is -0.414 e. The molecule has 9 atom stereocenters. The first-order valence-electron chi connectivity index (χ1n) is 25.7. The standard InChI is InChI=1S/C52H74F3N8O13PSi2/c1-50(2,3)78(11,12)72-29-38-41(43(67-9)47(74-38)61-25-24-39(64)63(49(61)65)33-69-26-34-20-16-15-17-21-34)75-77(66,70-27-35-22-18-19-23-36(35)52(53,54)55)71-28-37-42(76-79(13,14)51(4,5)6)44(68-10)48(73-37)62-32-58-40-45(59-31-60(7)8)56-30-57-46(40)62/h15-25,30-32,37-38,41-44,47-48H,26-29,33H2,1-14H3/t37-,38-,41-,42-,43-,44-,47-,48-,77?/m1/s1. The van der Waals surface area contributed by atoms with Crippen molar-refractivity contribution in [2.75, 3.05) is 41.5 Å². The summed E-state index contributed by atoms with van der Waals surface area (Å²) in [5, 5.41) is -0.640. The minimum atomic E-state index is -5.17. The lowest BCUT2D eigenvalue weighted by molar-refractivity contribution is -0.138. The van der Waals surface area contributed by atoms with Gasteiger partial charge in [-0.3, -0.25) is 27.5 Å². The van der Waals surface area contributed by atoms with Gasteiger partial charge in [0.2, 0.25) is 0 Å². The normalized spacial score (nSPS) is 23.3. The molecule has 5 aromatic rings. The summed E-state index contributed by atoms with van der Waals surface area (Å²) < 4.78 is 127. The molecule has 21 nitrogen and oxygen atoms in total. The largest absolute Gasteiger partial charge is 0.475 e. The third kappa shape index (κ3) is 14.3. The lowest BCUT2D eigenvalue weighted by atomic mass is 10.1. The van der Waals surface area contributed by atoms with Gasteiger partial charge in [-0.05, 0) is 53.5 Å². The lowest BCUT2D eigenvalue weighted by Gasteiger charge is -2.40. The lowest BCUT2D eigenvalue weighted by Crippen LogP contribution is -2.50. The number of hydrogen-bond donors (Lipinski definition) is 0. The van der Waals surface area contributed by atoms with E-state index in [2.05, 4.69) is 40.7 Å². The number of phosphoric ester groups is 1. The Balaban J connectivity index is 1.29. The molecule has 2 saturated heterocycles. The predicted octanol–water partition coefficient (Wildman–Crippen LogP) is 9.23. The maximum absolute atomic E-state index is 15.8. The number of nitrogens with zero attached hydrogens (tertiary/aromatic N) is 8. The Morgan fingerprint density at radius 3 is 2.01 bits per heavy atom. The molecule has 5 heterocycles. The molecule has 0 amide bonds. The van der Waals surface area contributed by atoms with Crippen LogP contribution in [0.15, 0.2) is 94.1 Å². The van der Waals surface area contributed by atoms with Gasteiger partial charge in [0.1, 0.15) is 49.7 Å². The van der Waals surface area contributed by atoms with Crippen molar-refractivity contribution >= 4 is 47.8 Å². The highest BCUT2D eigenvalue weighted by molar-refractivity contribution is 7.48. The van der Waals surface area contributed by atoms with E-state index in [9.17, 15) is 22.8 Å². The fraction of sp³-hybridized carbons (Fsp3) is 0.577. The van der Waals surface area contributed by atoms with Gasteiger partial charge in [0, 0.05) is 40.6 Å². The first-order chi connectivity index (χ1) is 37.0. The van der Waals surface area contributed by atoms with Gasteiger partial charge in [-0.15, -0.1) is 0 Å². The van der Waals surface area contributed by atoms with E-state index in [-0.39, 0.29) is 28.9 Å². The molecule has 79 heavy (non-hydrogen) atoms. The summed E-state index contributed by atoms with van der Waals surface area (Å²) in [5.74, 6) is 0.292. The molecule has 0 saturated carbocycles. The summed E-state index contributed by atoms with van der Waals surface area (Å²) >= 11 is 0. The van der Waals surface area contributed by atoms with Gasteiger partial charge in [-0.1, -0.05) is 90.1 Å². The number of benzene rings is 2. The number of ether oxygens (including phenoxy) is 5. The zero-order chi connectivity index (χ0) is 57.9. The van der Waals surface area contributed by atoms with E-state index in [0.29, 0.717) is 17.0 Å². The zero-order valence-electron chi connectivity index (χ0n) is 47.2. The van der Waals surface area contributed by atoms with Crippen molar-refractivity contribution in [1.29, 1.82) is 0 Å². The van der Waals surface area contributed by atoms with Gasteiger partial charge in [0.25, 0.3) is 5.56 Å². The van der Waals surface area contributed by atoms with Crippen molar-refractivity contribution in [2.45, 2.75) is 153 Å². The molecule has 1 unspecified atom stereocenters. The summed E-state index contributed by atoms with van der Waals surface area (Å²) in [6.45, 7) is 18.4. The second kappa shape index (κ2) is 24.7. The highest BCUT2D eigenvalue weighted by atomic mass is 31.2. The van der Waals surface area contributed by atoms with E-state index in [1.807, 2.05) is 91.4 Å². The molecule has 2 aliphatic rings. The molecule has 434 valence electrons. The number of rotatable bonds is 23. The molecule has 0 spiro atoms. The van der Waals surface area contributed by atoms with Crippen LogP contribution in [0.4, 0.5) is 19.0 Å². The Labute approximate surface area is 460 Å². The summed E-state index contributed by atoms with van der Waals surface area (Å²) in [6.07, 6.45) is -8.46. The van der Waals surface area contributed by atoms with Gasteiger partial charge in [0.15, 0.2) is 46.1 Å². The van der Waals surface area contributed by atoms with Crippen molar-refractivity contribution in [3.63, 3.8) is 0 Å². The average molecular weight is 1160 g/mol. The van der Waals surface area contributed by atoms with E-state index in [1.165, 1.54) is 51.3 Å². The topological polar surface area (TPSA) is 213 Å². The maximum Gasteiger partial charge on any atom is 0.475 e. The van der Waals surface area contributed by atoms with Crippen LogP contribution in [0.25, 0.3) is 11.2 Å². The third-order valence-corrected chi connectivity index (χ3v) is 25.2.